The highest BCUT2D eigenvalue weighted by molar-refractivity contribution is 6.29. The van der Waals surface area contributed by atoms with Crippen molar-refractivity contribution < 1.29 is 9.53 Å². The molecular weight excluding hydrogens is 231 g/mol. The lowest BCUT2D eigenvalue weighted by atomic mass is 10.1. The number of ether oxygens (including phenoxy) is 1. The average molecular weight is 250 g/mol. The molecule has 1 aliphatic rings. The molecule has 1 aliphatic heterocycles. The van der Waals surface area contributed by atoms with Crippen molar-refractivity contribution in [2.75, 3.05) is 39.4 Å². The van der Waals surface area contributed by atoms with Gasteiger partial charge in [0.05, 0.1) is 25.1 Å². The van der Waals surface area contributed by atoms with Gasteiger partial charge < -0.3 is 14.6 Å². The van der Waals surface area contributed by atoms with Gasteiger partial charge in [-0.05, 0) is 0 Å². The maximum Gasteiger partial charge on any atom is 0.269 e. The molecule has 1 aromatic heterocycles. The lowest BCUT2D eigenvalue weighted by Gasteiger charge is -2.26. The number of nitrogens with one attached hydrogen (secondary N) is 1. The molecule has 0 unspecified atom stereocenters. The monoisotopic (exact) mass is 250 g/mol. The van der Waals surface area contributed by atoms with Crippen LogP contribution in [0.25, 0.3) is 0 Å². The molecule has 6 nitrogen and oxygen atoms in total. The second kappa shape index (κ2) is 6.02. The Balaban J connectivity index is 1.76. The molecule has 1 amide bonds. The molecule has 2 rings (SSSR count). The Morgan fingerprint density at radius 3 is 2.89 bits per heavy atom. The fourth-order valence-electron chi connectivity index (χ4n) is 1.96. The molecule has 0 spiro atoms. The van der Waals surface area contributed by atoms with Gasteiger partial charge in [0.25, 0.3) is 5.91 Å². The van der Waals surface area contributed by atoms with Crippen LogP contribution < -0.4 is 11.0 Å². The van der Waals surface area contributed by atoms with Gasteiger partial charge in [0, 0.05) is 33.2 Å². The largest absolute Gasteiger partial charge is 0.379 e. The average Bonchev–Trinajstić information content (AvgIpc) is 2.71. The number of aromatic nitrogens is 2. The summed E-state index contributed by atoms with van der Waals surface area (Å²) >= 11 is 0. The summed E-state index contributed by atoms with van der Waals surface area (Å²) in [5.74, 6) is -0.0636. The van der Waals surface area contributed by atoms with Crippen LogP contribution in [0.1, 0.15) is 10.5 Å². The Hall–Kier alpha value is -1.34. The molecule has 0 saturated carbocycles. The van der Waals surface area contributed by atoms with E-state index in [2.05, 4.69) is 15.2 Å². The number of morpholine rings is 1. The van der Waals surface area contributed by atoms with Crippen molar-refractivity contribution in [1.29, 1.82) is 0 Å². The molecule has 1 saturated heterocycles. The number of rotatable bonds is 4. The van der Waals surface area contributed by atoms with E-state index in [0.29, 0.717) is 12.2 Å². The van der Waals surface area contributed by atoms with E-state index in [4.69, 9.17) is 4.74 Å². The highest BCUT2D eigenvalue weighted by atomic mass is 16.5. The minimum absolute atomic E-state index is 0.0636. The number of hydrogen-bond acceptors (Lipinski definition) is 4. The second-order valence-electron chi connectivity index (χ2n) is 4.46. The Bertz CT molecular complexity index is 415. The first kappa shape index (κ1) is 13.1. The fourth-order valence-corrected chi connectivity index (χ4v) is 1.96. The van der Waals surface area contributed by atoms with Gasteiger partial charge in [-0.1, -0.05) is 0 Å². The van der Waals surface area contributed by atoms with Crippen molar-refractivity contribution in [3.05, 3.63) is 11.9 Å². The van der Waals surface area contributed by atoms with Crippen LogP contribution in [0.2, 0.25) is 0 Å². The summed E-state index contributed by atoms with van der Waals surface area (Å²) in [5.41, 5.74) is 1.45. The van der Waals surface area contributed by atoms with E-state index in [1.54, 1.807) is 10.8 Å². The lowest BCUT2D eigenvalue weighted by molar-refractivity contribution is 0.0383. The number of nitrogens with zero attached hydrogens (tertiary/aromatic N) is 3. The molecule has 0 aromatic carbocycles. The summed E-state index contributed by atoms with van der Waals surface area (Å²) in [5, 5.41) is 2.92. The number of amides is 1. The van der Waals surface area contributed by atoms with E-state index in [1.807, 2.05) is 14.9 Å². The van der Waals surface area contributed by atoms with Gasteiger partial charge >= 0.3 is 0 Å². The maximum absolute atomic E-state index is 11.9. The van der Waals surface area contributed by atoms with Crippen LogP contribution in [-0.4, -0.2) is 67.6 Å². The Morgan fingerprint density at radius 2 is 2.28 bits per heavy atom. The number of carbonyl (C=O) groups excluding carboxylic acids is 1. The number of carbonyl (C=O) groups is 1. The van der Waals surface area contributed by atoms with Crippen molar-refractivity contribution in [2.45, 2.75) is 0 Å². The van der Waals surface area contributed by atoms with E-state index >= 15 is 0 Å². The summed E-state index contributed by atoms with van der Waals surface area (Å²) in [6, 6.07) is 0. The van der Waals surface area contributed by atoms with Gasteiger partial charge in [-0.3, -0.25) is 14.7 Å². The SMILES string of the molecule is Bc1ncc(C(=O)NCCN2CCOCC2)n1C. The summed E-state index contributed by atoms with van der Waals surface area (Å²) in [4.78, 5) is 18.3. The summed E-state index contributed by atoms with van der Waals surface area (Å²) < 4.78 is 7.07. The first-order chi connectivity index (χ1) is 8.68. The third-order valence-electron chi connectivity index (χ3n) is 3.27. The second-order valence-corrected chi connectivity index (χ2v) is 4.46. The van der Waals surface area contributed by atoms with Crippen LogP contribution in [0.5, 0.6) is 0 Å². The van der Waals surface area contributed by atoms with Gasteiger partial charge in [-0.25, -0.2) is 0 Å². The van der Waals surface area contributed by atoms with Crippen LogP contribution in [0.15, 0.2) is 6.20 Å². The molecule has 7 heteroatoms. The van der Waals surface area contributed by atoms with Crippen molar-refractivity contribution >= 4 is 19.5 Å². The molecule has 0 bridgehead atoms. The minimum atomic E-state index is -0.0636. The fraction of sp³-hybridized carbons (Fsp3) is 0.636. The van der Waals surface area contributed by atoms with E-state index < -0.39 is 0 Å². The van der Waals surface area contributed by atoms with E-state index in [9.17, 15) is 4.79 Å². The van der Waals surface area contributed by atoms with E-state index in [-0.39, 0.29) is 5.91 Å². The topological polar surface area (TPSA) is 59.4 Å². The molecule has 0 aliphatic carbocycles. The van der Waals surface area contributed by atoms with E-state index in [1.165, 1.54) is 0 Å². The third kappa shape index (κ3) is 3.11. The van der Waals surface area contributed by atoms with Gasteiger partial charge in [0.1, 0.15) is 5.69 Å². The first-order valence-corrected chi connectivity index (χ1v) is 6.25. The quantitative estimate of drug-likeness (QED) is 0.613. The van der Waals surface area contributed by atoms with Gasteiger partial charge in [-0.2, -0.15) is 0 Å². The summed E-state index contributed by atoms with van der Waals surface area (Å²) in [6.45, 7) is 4.99. The van der Waals surface area contributed by atoms with Crippen molar-refractivity contribution in [3.63, 3.8) is 0 Å². The zero-order valence-electron chi connectivity index (χ0n) is 11.0. The van der Waals surface area contributed by atoms with Crippen LogP contribution >= 0.6 is 0 Å². The Morgan fingerprint density at radius 1 is 1.56 bits per heavy atom. The zero-order valence-corrected chi connectivity index (χ0v) is 11.0. The predicted molar refractivity (Wildman–Crippen MR) is 71.0 cm³/mol. The Labute approximate surface area is 108 Å². The molecule has 0 radical (unpaired) electrons. The molecular formula is C11H19BN4O2. The Kier molecular flexibility index (Phi) is 4.38. The number of imidazole rings is 1. The summed E-state index contributed by atoms with van der Waals surface area (Å²) in [7, 11) is 3.73. The highest BCUT2D eigenvalue weighted by Crippen LogP contribution is 1.96. The predicted octanol–water partition coefficient (Wildman–Crippen LogP) is -2.26. The van der Waals surface area contributed by atoms with Gasteiger partial charge in [0.15, 0.2) is 7.85 Å². The molecule has 98 valence electrons. The maximum atomic E-state index is 11.9. The van der Waals surface area contributed by atoms with Crippen molar-refractivity contribution in [3.8, 4) is 0 Å². The van der Waals surface area contributed by atoms with Crippen molar-refractivity contribution in [2.24, 2.45) is 7.05 Å². The lowest BCUT2D eigenvalue weighted by Crippen LogP contribution is -2.41. The van der Waals surface area contributed by atoms with Crippen LogP contribution in [0.3, 0.4) is 0 Å². The van der Waals surface area contributed by atoms with Gasteiger partial charge in [-0.15, -0.1) is 0 Å². The standard InChI is InChI=1S/C11H19BN4O2/c1-15-9(8-14-11(15)12)10(17)13-2-3-16-4-6-18-7-5-16/h8H,2-7,12H2,1H3,(H,13,17). The molecule has 1 N–H and O–H groups in total. The third-order valence-corrected chi connectivity index (χ3v) is 3.27. The molecule has 18 heavy (non-hydrogen) atoms. The van der Waals surface area contributed by atoms with Crippen LogP contribution in [0, 0.1) is 0 Å². The van der Waals surface area contributed by atoms with Crippen LogP contribution in [-0.2, 0) is 11.8 Å². The molecule has 1 aromatic rings. The molecule has 0 atom stereocenters. The smallest absolute Gasteiger partial charge is 0.269 e. The first-order valence-electron chi connectivity index (χ1n) is 6.25. The number of hydrogen-bond donors (Lipinski definition) is 1. The van der Waals surface area contributed by atoms with E-state index in [0.717, 1.165) is 38.6 Å². The highest BCUT2D eigenvalue weighted by Gasteiger charge is 2.13. The molecule has 2 heterocycles. The van der Waals surface area contributed by atoms with Gasteiger partial charge in [0.2, 0.25) is 0 Å². The minimum Gasteiger partial charge on any atom is -0.379 e. The van der Waals surface area contributed by atoms with Crippen molar-refractivity contribution in [1.82, 2.24) is 19.8 Å². The van der Waals surface area contributed by atoms with Crippen LogP contribution in [0.4, 0.5) is 0 Å². The normalized spacial score (nSPS) is 16.7. The summed E-state index contributed by atoms with van der Waals surface area (Å²) in [6.07, 6.45) is 1.61. The zero-order chi connectivity index (χ0) is 13.0. The molecule has 1 fully saturated rings.